The maximum atomic E-state index is 12.8. The molecule has 2 nitrogen and oxygen atoms in total. The molecule has 0 aromatic heterocycles. The lowest BCUT2D eigenvalue weighted by Crippen LogP contribution is -2.41. The zero-order valence-electron chi connectivity index (χ0n) is 10.0. The highest BCUT2D eigenvalue weighted by Crippen LogP contribution is 2.32. The molecule has 1 aliphatic rings. The zero-order valence-corrected chi connectivity index (χ0v) is 10.0. The number of rotatable bonds is 1. The summed E-state index contributed by atoms with van der Waals surface area (Å²) in [6.07, 6.45) is 0.839. The fourth-order valence-corrected chi connectivity index (χ4v) is 1.70. The Morgan fingerprint density at radius 2 is 1.67 bits per heavy atom. The highest BCUT2D eigenvalue weighted by molar-refractivity contribution is 5.73. The van der Waals surface area contributed by atoms with Crippen LogP contribution in [0, 0.1) is 5.92 Å². The molecular formula is C11H21F2NO. The predicted octanol–water partition coefficient (Wildman–Crippen LogP) is 2.93. The van der Waals surface area contributed by atoms with E-state index < -0.39 is 11.8 Å². The monoisotopic (exact) mass is 221 g/mol. The van der Waals surface area contributed by atoms with E-state index in [-0.39, 0.29) is 5.91 Å². The minimum atomic E-state index is -2.59. The summed E-state index contributed by atoms with van der Waals surface area (Å²) in [6.45, 7) is 7.39. The molecule has 0 radical (unpaired) electrons. The van der Waals surface area contributed by atoms with E-state index in [9.17, 15) is 13.6 Å². The summed E-state index contributed by atoms with van der Waals surface area (Å²) in [4.78, 5) is 12.5. The molecule has 0 saturated carbocycles. The first-order valence-corrected chi connectivity index (χ1v) is 5.54. The van der Waals surface area contributed by atoms with Crippen LogP contribution in [0.5, 0.6) is 0 Å². The van der Waals surface area contributed by atoms with Crippen LogP contribution in [0.3, 0.4) is 0 Å². The molecule has 0 aliphatic carbocycles. The summed E-state index contributed by atoms with van der Waals surface area (Å²) in [6, 6.07) is 0. The van der Waals surface area contributed by atoms with E-state index in [1.165, 1.54) is 6.92 Å². The number of alkyl halides is 2. The molecule has 15 heavy (non-hydrogen) atoms. The minimum Gasteiger partial charge on any atom is -0.343 e. The van der Waals surface area contributed by atoms with Gasteiger partial charge in [-0.15, -0.1) is 0 Å². The van der Waals surface area contributed by atoms with Crippen LogP contribution >= 0.6 is 0 Å². The van der Waals surface area contributed by atoms with Crippen LogP contribution in [-0.2, 0) is 4.79 Å². The van der Waals surface area contributed by atoms with E-state index in [0.29, 0.717) is 25.9 Å². The van der Waals surface area contributed by atoms with Gasteiger partial charge in [0.15, 0.2) is 0 Å². The van der Waals surface area contributed by atoms with Gasteiger partial charge in [-0.2, -0.15) is 0 Å². The summed E-state index contributed by atoms with van der Waals surface area (Å²) >= 11 is 0. The molecular weight excluding hydrogens is 200 g/mol. The third-order valence-corrected chi connectivity index (χ3v) is 2.66. The molecule has 0 aromatic carbocycles. The van der Waals surface area contributed by atoms with Crippen molar-refractivity contribution in [2.24, 2.45) is 5.92 Å². The summed E-state index contributed by atoms with van der Waals surface area (Å²) in [5.74, 6) is -3.16. The first kappa shape index (κ1) is 14.3. The predicted molar refractivity (Wildman–Crippen MR) is 56.9 cm³/mol. The lowest BCUT2D eigenvalue weighted by molar-refractivity contribution is -0.133. The smallest absolute Gasteiger partial charge is 0.248 e. The van der Waals surface area contributed by atoms with Gasteiger partial charge in [0.1, 0.15) is 0 Å². The van der Waals surface area contributed by atoms with E-state index in [1.807, 2.05) is 13.8 Å². The number of carbonyl (C=O) groups is 1. The van der Waals surface area contributed by atoms with Crippen LogP contribution in [-0.4, -0.2) is 29.8 Å². The van der Waals surface area contributed by atoms with Crippen molar-refractivity contribution in [1.82, 2.24) is 4.90 Å². The van der Waals surface area contributed by atoms with Gasteiger partial charge in [-0.25, -0.2) is 8.78 Å². The van der Waals surface area contributed by atoms with E-state index in [2.05, 4.69) is 0 Å². The molecule has 1 amide bonds. The van der Waals surface area contributed by atoms with Crippen molar-refractivity contribution in [2.75, 3.05) is 13.1 Å². The van der Waals surface area contributed by atoms with E-state index in [1.54, 1.807) is 4.90 Å². The molecule has 1 rings (SSSR count). The molecule has 0 atom stereocenters. The Bertz CT molecular complexity index is 193. The second kappa shape index (κ2) is 6.03. The Hall–Kier alpha value is -0.670. The van der Waals surface area contributed by atoms with Gasteiger partial charge >= 0.3 is 0 Å². The number of hydrogen-bond acceptors (Lipinski definition) is 1. The second-order valence-electron chi connectivity index (χ2n) is 3.74. The summed E-state index contributed by atoms with van der Waals surface area (Å²) in [7, 11) is 0. The van der Waals surface area contributed by atoms with Crippen molar-refractivity contribution in [3.63, 3.8) is 0 Å². The maximum absolute atomic E-state index is 12.8. The quantitative estimate of drug-likeness (QED) is 0.666. The van der Waals surface area contributed by atoms with Crippen LogP contribution in [0.15, 0.2) is 0 Å². The van der Waals surface area contributed by atoms with Crippen molar-refractivity contribution < 1.29 is 13.6 Å². The Kier molecular flexibility index (Phi) is 5.76. The molecule has 1 fully saturated rings. The largest absolute Gasteiger partial charge is 0.343 e. The Morgan fingerprint density at radius 3 is 1.93 bits per heavy atom. The number of halogens is 2. The minimum absolute atomic E-state index is 0.0159. The maximum Gasteiger partial charge on any atom is 0.248 e. The molecule has 0 unspecified atom stereocenters. The van der Waals surface area contributed by atoms with Crippen LogP contribution in [0.2, 0.25) is 0 Å². The number of piperidine rings is 1. The molecule has 4 heteroatoms. The van der Waals surface area contributed by atoms with Crippen molar-refractivity contribution >= 4 is 5.91 Å². The molecule has 1 saturated heterocycles. The lowest BCUT2D eigenvalue weighted by atomic mass is 9.91. The highest BCUT2D eigenvalue weighted by atomic mass is 19.3. The van der Waals surface area contributed by atoms with Gasteiger partial charge < -0.3 is 4.90 Å². The van der Waals surface area contributed by atoms with Gasteiger partial charge in [-0.3, -0.25) is 4.79 Å². The van der Waals surface area contributed by atoms with Crippen molar-refractivity contribution in [1.29, 1.82) is 0 Å². The molecule has 0 bridgehead atoms. The highest BCUT2D eigenvalue weighted by Gasteiger charge is 2.36. The van der Waals surface area contributed by atoms with Crippen LogP contribution in [0.25, 0.3) is 0 Å². The van der Waals surface area contributed by atoms with Crippen molar-refractivity contribution in [3.05, 3.63) is 0 Å². The SMILES string of the molecule is CC.CC(=O)N1CCC(C(C)(F)F)CC1. The van der Waals surface area contributed by atoms with Gasteiger partial charge in [-0.05, 0) is 19.8 Å². The van der Waals surface area contributed by atoms with Crippen molar-refractivity contribution in [2.45, 2.75) is 46.5 Å². The van der Waals surface area contributed by atoms with Crippen LogP contribution in [0.1, 0.15) is 40.5 Å². The standard InChI is InChI=1S/C9H15F2NO.C2H6/c1-7(13)12-5-3-8(4-6-12)9(2,10)11;1-2/h8H,3-6H2,1-2H3;1-2H3. The first-order valence-electron chi connectivity index (χ1n) is 5.54. The normalized spacial score (nSPS) is 18.1. The third kappa shape index (κ3) is 4.58. The Balaban J connectivity index is 0.000000921. The van der Waals surface area contributed by atoms with E-state index >= 15 is 0 Å². The van der Waals surface area contributed by atoms with E-state index in [0.717, 1.165) is 6.92 Å². The number of carbonyl (C=O) groups excluding carboxylic acids is 1. The Labute approximate surface area is 90.6 Å². The molecule has 1 aliphatic heterocycles. The summed E-state index contributed by atoms with van der Waals surface area (Å²) in [5, 5.41) is 0. The third-order valence-electron chi connectivity index (χ3n) is 2.66. The zero-order chi connectivity index (χ0) is 12.1. The molecule has 1 heterocycles. The van der Waals surface area contributed by atoms with E-state index in [4.69, 9.17) is 0 Å². The second-order valence-corrected chi connectivity index (χ2v) is 3.74. The fraction of sp³-hybridized carbons (Fsp3) is 0.909. The molecule has 90 valence electrons. The topological polar surface area (TPSA) is 20.3 Å². The fourth-order valence-electron chi connectivity index (χ4n) is 1.70. The van der Waals surface area contributed by atoms with Gasteiger partial charge in [0.2, 0.25) is 11.8 Å². The average molecular weight is 221 g/mol. The number of hydrogen-bond donors (Lipinski definition) is 0. The molecule has 0 aromatic rings. The molecule has 0 N–H and O–H groups in total. The number of amides is 1. The first-order chi connectivity index (χ1) is 6.91. The summed E-state index contributed by atoms with van der Waals surface area (Å²) in [5.41, 5.74) is 0. The van der Waals surface area contributed by atoms with Crippen molar-refractivity contribution in [3.8, 4) is 0 Å². The summed E-state index contributed by atoms with van der Waals surface area (Å²) < 4.78 is 25.7. The van der Waals surface area contributed by atoms with Gasteiger partial charge in [0.05, 0.1) is 0 Å². The Morgan fingerprint density at radius 1 is 1.27 bits per heavy atom. The average Bonchev–Trinajstić information content (AvgIpc) is 2.20. The van der Waals surface area contributed by atoms with Crippen LogP contribution < -0.4 is 0 Å². The lowest BCUT2D eigenvalue weighted by Gasteiger charge is -2.33. The number of nitrogens with zero attached hydrogens (tertiary/aromatic N) is 1. The van der Waals surface area contributed by atoms with Crippen LogP contribution in [0.4, 0.5) is 8.78 Å². The number of likely N-dealkylation sites (tertiary alicyclic amines) is 1. The van der Waals surface area contributed by atoms with Gasteiger partial charge in [-0.1, -0.05) is 13.8 Å². The van der Waals surface area contributed by atoms with Gasteiger partial charge in [0.25, 0.3) is 0 Å². The molecule has 0 spiro atoms. The van der Waals surface area contributed by atoms with Gasteiger partial charge in [0, 0.05) is 25.9 Å².